The minimum absolute atomic E-state index is 0.0993. The first kappa shape index (κ1) is 27.6. The summed E-state index contributed by atoms with van der Waals surface area (Å²) in [5, 5.41) is 0. The van der Waals surface area contributed by atoms with Crippen LogP contribution in [0.4, 0.5) is 4.79 Å². The van der Waals surface area contributed by atoms with E-state index in [0.717, 1.165) is 31.0 Å². The maximum Gasteiger partial charge on any atom is 0.501 e. The van der Waals surface area contributed by atoms with Gasteiger partial charge in [-0.1, -0.05) is 27.7 Å². The zero-order chi connectivity index (χ0) is 21.6. The summed E-state index contributed by atoms with van der Waals surface area (Å²) in [5.41, 5.74) is 0. The van der Waals surface area contributed by atoms with Gasteiger partial charge in [0, 0.05) is 38.5 Å². The van der Waals surface area contributed by atoms with Crippen LogP contribution in [-0.2, 0) is 17.7 Å². The Morgan fingerprint density at radius 1 is 0.929 bits per heavy atom. The van der Waals surface area contributed by atoms with Crippen LogP contribution < -0.4 is 0 Å². The van der Waals surface area contributed by atoms with Gasteiger partial charge in [0.25, 0.3) is 8.32 Å². The molecule has 0 saturated heterocycles. The molecular weight excluding hydrogens is 390 g/mol. The van der Waals surface area contributed by atoms with Crippen molar-refractivity contribution in [3.05, 3.63) is 0 Å². The molecule has 0 radical (unpaired) electrons. The monoisotopic (exact) mass is 435 g/mol. The second kappa shape index (κ2) is 14.5. The van der Waals surface area contributed by atoms with Gasteiger partial charge in [-0.05, 0) is 58.7 Å². The lowest BCUT2D eigenvalue weighted by Crippen LogP contribution is -2.49. The number of carbonyl (C=O) groups is 1. The van der Waals surface area contributed by atoms with Gasteiger partial charge in [0.1, 0.15) is 0 Å². The molecule has 0 bridgehead atoms. The molecule has 0 saturated carbocycles. The average molecular weight is 436 g/mol. The van der Waals surface area contributed by atoms with Crippen LogP contribution in [0.1, 0.15) is 68.2 Å². The fraction of sp³-hybridized carbons (Fsp3) is 0.950. The summed E-state index contributed by atoms with van der Waals surface area (Å²) in [6.07, 6.45) is 1.63. The van der Waals surface area contributed by atoms with Crippen molar-refractivity contribution in [3.8, 4) is 0 Å². The van der Waals surface area contributed by atoms with Gasteiger partial charge in [0.15, 0.2) is 0 Å². The Morgan fingerprint density at radius 3 is 1.86 bits per heavy atom. The van der Waals surface area contributed by atoms with Crippen LogP contribution in [0.3, 0.4) is 0 Å². The molecule has 0 aromatic rings. The third-order valence-corrected chi connectivity index (χ3v) is 13.1. The molecule has 168 valence electrons. The highest BCUT2D eigenvalue weighted by Crippen LogP contribution is 2.24. The molecule has 0 fully saturated rings. The van der Waals surface area contributed by atoms with Crippen molar-refractivity contribution in [1.82, 2.24) is 4.90 Å². The topological polar surface area (TPSA) is 57.2 Å². The fourth-order valence-corrected chi connectivity index (χ4v) is 8.53. The van der Waals surface area contributed by atoms with Crippen molar-refractivity contribution >= 4 is 23.2 Å². The molecule has 0 aliphatic heterocycles. The third kappa shape index (κ3) is 8.94. The highest BCUT2D eigenvalue weighted by Gasteiger charge is 2.42. The molecule has 1 amide bonds. The fourth-order valence-electron chi connectivity index (χ4n) is 3.22. The van der Waals surface area contributed by atoms with Crippen molar-refractivity contribution in [1.29, 1.82) is 0 Å². The van der Waals surface area contributed by atoms with E-state index in [1.165, 1.54) is 0 Å². The maximum atomic E-state index is 12.8. The van der Waals surface area contributed by atoms with E-state index in [9.17, 15) is 4.79 Å². The van der Waals surface area contributed by atoms with Crippen LogP contribution in [0.15, 0.2) is 0 Å². The number of carbonyl (C=O) groups excluding carboxylic acids is 1. The second-order valence-electron chi connectivity index (χ2n) is 7.18. The van der Waals surface area contributed by atoms with Crippen molar-refractivity contribution in [2.24, 2.45) is 0 Å². The summed E-state index contributed by atoms with van der Waals surface area (Å²) >= 11 is 0. The van der Waals surface area contributed by atoms with E-state index < -0.39 is 17.1 Å². The van der Waals surface area contributed by atoms with E-state index in [2.05, 4.69) is 34.6 Å². The molecule has 0 spiro atoms. The Hall–Kier alpha value is -0.416. The van der Waals surface area contributed by atoms with Crippen LogP contribution in [0.2, 0.25) is 24.2 Å². The predicted molar refractivity (Wildman–Crippen MR) is 120 cm³/mol. The summed E-state index contributed by atoms with van der Waals surface area (Å²) in [6.45, 7) is 18.9. The van der Waals surface area contributed by atoms with Gasteiger partial charge in [-0.25, -0.2) is 4.79 Å². The van der Waals surface area contributed by atoms with E-state index in [1.807, 2.05) is 25.7 Å². The minimum Gasteiger partial charge on any atom is -0.503 e. The Bertz CT molecular complexity index is 407. The van der Waals surface area contributed by atoms with Gasteiger partial charge >= 0.3 is 14.9 Å². The first-order valence-corrected chi connectivity index (χ1v) is 15.7. The lowest BCUT2D eigenvalue weighted by atomic mass is 10.3. The third-order valence-electron chi connectivity index (χ3n) is 5.47. The average Bonchev–Trinajstić information content (AvgIpc) is 2.69. The quantitative estimate of drug-likeness (QED) is 0.292. The summed E-state index contributed by atoms with van der Waals surface area (Å²) in [6, 6.07) is 3.62. The van der Waals surface area contributed by atoms with Crippen LogP contribution in [0, 0.1) is 0 Å². The standard InChI is InChI=1S/C20H45NO5Si2/c1-9-19(8)25-28(23-11-3,24-12-4)18-16-17-21(10-2)20(22)26-27(13-5,14-6)15-7/h19H,9-18H2,1-8H3. The number of hydrogen-bond donors (Lipinski definition) is 0. The number of rotatable bonds is 16. The largest absolute Gasteiger partial charge is 0.503 e. The molecule has 8 heteroatoms. The number of hydrogen-bond acceptors (Lipinski definition) is 5. The van der Waals surface area contributed by atoms with Crippen molar-refractivity contribution in [3.63, 3.8) is 0 Å². The summed E-state index contributed by atoms with van der Waals surface area (Å²) in [7, 11) is -4.68. The summed E-state index contributed by atoms with van der Waals surface area (Å²) in [4.78, 5) is 14.6. The zero-order valence-electron chi connectivity index (χ0n) is 19.6. The van der Waals surface area contributed by atoms with Gasteiger partial charge < -0.3 is 22.6 Å². The molecule has 0 aliphatic rings. The molecule has 0 aromatic heterocycles. The van der Waals surface area contributed by atoms with Crippen molar-refractivity contribution in [2.75, 3.05) is 26.3 Å². The van der Waals surface area contributed by atoms with Gasteiger partial charge in [0.2, 0.25) is 0 Å². The number of amides is 1. The molecule has 0 aliphatic carbocycles. The molecule has 28 heavy (non-hydrogen) atoms. The van der Waals surface area contributed by atoms with E-state index in [0.29, 0.717) is 32.3 Å². The Morgan fingerprint density at radius 2 is 1.46 bits per heavy atom. The Balaban J connectivity index is 4.99. The molecular formula is C20H45NO5Si2. The molecule has 0 rings (SSSR count). The summed E-state index contributed by atoms with van der Waals surface area (Å²) in [5.74, 6) is 0. The van der Waals surface area contributed by atoms with Gasteiger partial charge in [-0.3, -0.25) is 0 Å². The van der Waals surface area contributed by atoms with Gasteiger partial charge in [0.05, 0.1) is 0 Å². The number of nitrogens with zero attached hydrogens (tertiary/aromatic N) is 1. The lowest BCUT2D eigenvalue weighted by Gasteiger charge is -2.33. The smallest absolute Gasteiger partial charge is 0.501 e. The van der Waals surface area contributed by atoms with Crippen LogP contribution in [-0.4, -0.2) is 60.5 Å². The first-order chi connectivity index (χ1) is 13.3. The molecule has 0 heterocycles. The first-order valence-electron chi connectivity index (χ1n) is 11.2. The SMILES string of the molecule is CCO[Si](CCCN(CC)C(=O)O[Si](CC)(CC)CC)(OCC)OC(C)CC. The van der Waals surface area contributed by atoms with Crippen LogP contribution in [0.5, 0.6) is 0 Å². The minimum atomic E-state index is -2.73. The normalized spacial score (nSPS) is 13.4. The van der Waals surface area contributed by atoms with Gasteiger partial charge in [-0.15, -0.1) is 0 Å². The predicted octanol–water partition coefficient (Wildman–Crippen LogP) is 5.67. The molecule has 0 N–H and O–H groups in total. The van der Waals surface area contributed by atoms with Crippen molar-refractivity contribution in [2.45, 2.75) is 98.5 Å². The van der Waals surface area contributed by atoms with Gasteiger partial charge in [-0.2, -0.15) is 0 Å². The summed E-state index contributed by atoms with van der Waals surface area (Å²) < 4.78 is 24.3. The Labute approximate surface area is 175 Å². The lowest BCUT2D eigenvalue weighted by molar-refractivity contribution is 0.0361. The van der Waals surface area contributed by atoms with Crippen molar-refractivity contribution < 1.29 is 22.5 Å². The van der Waals surface area contributed by atoms with Crippen LogP contribution in [0.25, 0.3) is 0 Å². The second-order valence-corrected chi connectivity index (χ2v) is 14.6. The highest BCUT2D eigenvalue weighted by molar-refractivity contribution is 6.74. The molecule has 6 nitrogen and oxygen atoms in total. The molecule has 0 aromatic carbocycles. The van der Waals surface area contributed by atoms with E-state index in [1.54, 1.807) is 0 Å². The zero-order valence-corrected chi connectivity index (χ0v) is 21.6. The van der Waals surface area contributed by atoms with E-state index >= 15 is 0 Å². The maximum absolute atomic E-state index is 12.8. The highest BCUT2D eigenvalue weighted by atomic mass is 28.4. The molecule has 1 unspecified atom stereocenters. The van der Waals surface area contributed by atoms with Crippen LogP contribution >= 0.6 is 0 Å². The molecule has 1 atom stereocenters. The van der Waals surface area contributed by atoms with E-state index in [4.69, 9.17) is 17.7 Å². The van der Waals surface area contributed by atoms with E-state index in [-0.39, 0.29) is 12.2 Å². The Kier molecular flexibility index (Phi) is 14.3.